The number of amides is 1. The van der Waals surface area contributed by atoms with Crippen molar-refractivity contribution >= 4 is 34.9 Å². The molecule has 4 heterocycles. The lowest BCUT2D eigenvalue weighted by atomic mass is 10.0. The highest BCUT2D eigenvalue weighted by Gasteiger charge is 2.30. The van der Waals surface area contributed by atoms with Crippen molar-refractivity contribution in [3.05, 3.63) is 65.5 Å². The zero-order chi connectivity index (χ0) is 33.5. The summed E-state index contributed by atoms with van der Waals surface area (Å²) >= 11 is 0. The number of methoxy groups -OCH3 is 1. The summed E-state index contributed by atoms with van der Waals surface area (Å²) in [5.41, 5.74) is 8.84. The van der Waals surface area contributed by atoms with Gasteiger partial charge in [0.05, 0.1) is 24.1 Å². The Hall–Kier alpha value is -4.46. The summed E-state index contributed by atoms with van der Waals surface area (Å²) in [5.74, 6) is 0.735. The van der Waals surface area contributed by atoms with E-state index in [1.54, 1.807) is 24.3 Å². The van der Waals surface area contributed by atoms with Gasteiger partial charge in [-0.2, -0.15) is 0 Å². The number of benzene rings is 2. The average molecular weight is 659 g/mol. The van der Waals surface area contributed by atoms with Gasteiger partial charge in [0.25, 0.3) is 5.91 Å². The van der Waals surface area contributed by atoms with E-state index in [1.165, 1.54) is 0 Å². The fourth-order valence-corrected chi connectivity index (χ4v) is 6.66. The molecule has 0 radical (unpaired) electrons. The first-order chi connectivity index (χ1) is 23.4. The van der Waals surface area contributed by atoms with E-state index in [9.17, 15) is 9.59 Å². The number of piperidine rings is 1. The summed E-state index contributed by atoms with van der Waals surface area (Å²) in [7, 11) is 1.67. The Morgan fingerprint density at radius 1 is 0.938 bits per heavy atom. The molecule has 2 aromatic carbocycles. The van der Waals surface area contributed by atoms with E-state index in [4.69, 9.17) is 25.0 Å². The van der Waals surface area contributed by atoms with E-state index in [1.807, 2.05) is 43.3 Å². The second-order valence-corrected chi connectivity index (χ2v) is 12.4. The van der Waals surface area contributed by atoms with Gasteiger partial charge in [0, 0.05) is 76.3 Å². The van der Waals surface area contributed by atoms with Crippen LogP contribution in [0.5, 0.6) is 5.75 Å². The number of anilines is 4. The van der Waals surface area contributed by atoms with Gasteiger partial charge in [0.2, 0.25) is 0 Å². The van der Waals surface area contributed by atoms with Gasteiger partial charge in [-0.05, 0) is 56.4 Å². The minimum Gasteiger partial charge on any atom is -0.495 e. The molecule has 0 bridgehead atoms. The van der Waals surface area contributed by atoms with Crippen LogP contribution in [0, 0.1) is 0 Å². The second kappa shape index (κ2) is 15.6. The molecule has 0 aliphatic carbocycles. The van der Waals surface area contributed by atoms with Crippen molar-refractivity contribution in [2.45, 2.75) is 51.1 Å². The number of hydrogen-bond donors (Lipinski definition) is 3. The number of hydrogen-bond acceptors (Lipinski definition) is 12. The summed E-state index contributed by atoms with van der Waals surface area (Å²) in [6.45, 7) is 8.28. The predicted octanol–water partition coefficient (Wildman–Crippen LogP) is 3.84. The van der Waals surface area contributed by atoms with E-state index in [2.05, 4.69) is 25.4 Å². The fourth-order valence-electron chi connectivity index (χ4n) is 6.66. The molecule has 1 amide bonds. The molecule has 3 aliphatic heterocycles. The van der Waals surface area contributed by atoms with Crippen LogP contribution in [-0.4, -0.2) is 103 Å². The maximum atomic E-state index is 12.5. The van der Waals surface area contributed by atoms with Crippen molar-refractivity contribution in [3.63, 3.8) is 0 Å². The van der Waals surface area contributed by atoms with Gasteiger partial charge in [-0.25, -0.2) is 14.8 Å². The van der Waals surface area contributed by atoms with Gasteiger partial charge >= 0.3 is 5.97 Å². The summed E-state index contributed by atoms with van der Waals surface area (Å²) in [5, 5.41) is 8.57. The van der Waals surface area contributed by atoms with Crippen LogP contribution in [0.15, 0.2) is 48.5 Å². The van der Waals surface area contributed by atoms with Gasteiger partial charge in [0.15, 0.2) is 17.3 Å². The number of aromatic nitrogens is 2. The number of hydroxylamine groups is 2. The number of ether oxygens (including phenoxy) is 2. The molecule has 48 heavy (non-hydrogen) atoms. The fraction of sp³-hybridized carbons (Fsp3) is 0.486. The van der Waals surface area contributed by atoms with Crippen molar-refractivity contribution in [3.8, 4) is 5.75 Å². The maximum absolute atomic E-state index is 12.5. The molecule has 1 aromatic heterocycles. The molecular weight excluding hydrogens is 612 g/mol. The number of nitrogens with one attached hydrogen (secondary N) is 2. The lowest BCUT2D eigenvalue weighted by molar-refractivity contribution is -0.134. The van der Waals surface area contributed by atoms with Gasteiger partial charge in [0.1, 0.15) is 5.75 Å². The van der Waals surface area contributed by atoms with Crippen LogP contribution in [0.4, 0.5) is 23.0 Å². The molecule has 6 rings (SSSR count). The Morgan fingerprint density at radius 2 is 1.67 bits per heavy atom. The SMILES string of the molecule is CCc1nc(C(N)=O)c(Nc2ccc(N3CCC(N4CCN(OC(=O)c5ccccc5)CC4)CC3)c(OC)c2)nc1NC1CCOCC1. The third-order valence-corrected chi connectivity index (χ3v) is 9.36. The normalized spacial score (nSPS) is 18.3. The Bertz CT molecular complexity index is 1550. The lowest BCUT2D eigenvalue weighted by Crippen LogP contribution is -2.53. The quantitative estimate of drug-likeness (QED) is 0.275. The molecule has 256 valence electrons. The number of carbonyl (C=O) groups is 2. The van der Waals surface area contributed by atoms with Gasteiger partial charge < -0.3 is 35.6 Å². The smallest absolute Gasteiger partial charge is 0.357 e. The summed E-state index contributed by atoms with van der Waals surface area (Å²) in [6.07, 6.45) is 4.42. The molecule has 3 aromatic rings. The molecular formula is C35H46N8O5. The molecule has 3 saturated heterocycles. The van der Waals surface area contributed by atoms with E-state index < -0.39 is 5.91 Å². The molecule has 4 N–H and O–H groups in total. The summed E-state index contributed by atoms with van der Waals surface area (Å²) in [4.78, 5) is 44.8. The lowest BCUT2D eigenvalue weighted by Gasteiger charge is -2.42. The molecule has 3 fully saturated rings. The van der Waals surface area contributed by atoms with Crippen LogP contribution in [0.25, 0.3) is 0 Å². The van der Waals surface area contributed by atoms with Gasteiger partial charge in [-0.15, -0.1) is 5.06 Å². The van der Waals surface area contributed by atoms with Gasteiger partial charge in [-0.3, -0.25) is 9.69 Å². The van der Waals surface area contributed by atoms with E-state index in [0.29, 0.717) is 61.7 Å². The zero-order valence-corrected chi connectivity index (χ0v) is 27.8. The summed E-state index contributed by atoms with van der Waals surface area (Å²) < 4.78 is 11.3. The van der Waals surface area contributed by atoms with Crippen molar-refractivity contribution in [1.82, 2.24) is 19.9 Å². The number of primary amides is 1. The predicted molar refractivity (Wildman–Crippen MR) is 184 cm³/mol. The third-order valence-electron chi connectivity index (χ3n) is 9.36. The van der Waals surface area contributed by atoms with Crippen LogP contribution >= 0.6 is 0 Å². The highest BCUT2D eigenvalue weighted by molar-refractivity contribution is 5.96. The highest BCUT2D eigenvalue weighted by Crippen LogP contribution is 2.35. The number of nitrogens with zero attached hydrogens (tertiary/aromatic N) is 5. The van der Waals surface area contributed by atoms with Crippen LogP contribution in [-0.2, 0) is 16.0 Å². The summed E-state index contributed by atoms with van der Waals surface area (Å²) in [6, 6.07) is 15.7. The monoisotopic (exact) mass is 658 g/mol. The average Bonchev–Trinajstić information content (AvgIpc) is 3.13. The molecule has 0 spiro atoms. The van der Waals surface area contributed by atoms with Crippen molar-refractivity contribution in [1.29, 1.82) is 0 Å². The Kier molecular flexibility index (Phi) is 10.9. The first kappa shape index (κ1) is 33.4. The van der Waals surface area contributed by atoms with E-state index >= 15 is 0 Å². The number of piperazine rings is 1. The topological polar surface area (TPSA) is 147 Å². The minimum absolute atomic E-state index is 0.102. The Balaban J connectivity index is 1.06. The van der Waals surface area contributed by atoms with Crippen LogP contribution < -0.4 is 26.0 Å². The minimum atomic E-state index is -0.640. The number of rotatable bonds is 11. The van der Waals surface area contributed by atoms with Crippen LogP contribution in [0.1, 0.15) is 59.1 Å². The van der Waals surface area contributed by atoms with E-state index in [0.717, 1.165) is 69.0 Å². The number of aryl methyl sites for hydroxylation is 1. The molecule has 0 unspecified atom stereocenters. The molecule has 13 heteroatoms. The zero-order valence-electron chi connectivity index (χ0n) is 27.8. The molecule has 3 aliphatic rings. The number of nitrogens with two attached hydrogens (primary N) is 1. The van der Waals surface area contributed by atoms with Crippen LogP contribution in [0.3, 0.4) is 0 Å². The molecule has 13 nitrogen and oxygen atoms in total. The second-order valence-electron chi connectivity index (χ2n) is 12.4. The van der Waals surface area contributed by atoms with Gasteiger partial charge in [-0.1, -0.05) is 25.1 Å². The number of carbonyl (C=O) groups excluding carboxylic acids is 2. The standard InChI is InChI=1S/C35H46N8O5/c1-3-28-33(37-25-13-21-47-22-14-25)40-34(31(39-28)32(36)44)38-26-9-10-29(30(23-26)46-2)42-15-11-27(12-16-42)41-17-19-43(20-18-41)48-35(45)24-7-5-4-6-8-24/h4-10,23,25,27H,3,11-22H2,1-2H3,(H2,36,44)(H2,37,38,40). The third kappa shape index (κ3) is 7.97. The van der Waals surface area contributed by atoms with Crippen molar-refractivity contribution < 1.29 is 23.9 Å². The van der Waals surface area contributed by atoms with Crippen LogP contribution in [0.2, 0.25) is 0 Å². The Labute approximate surface area is 281 Å². The largest absolute Gasteiger partial charge is 0.495 e. The van der Waals surface area contributed by atoms with E-state index in [-0.39, 0.29) is 17.7 Å². The highest BCUT2D eigenvalue weighted by atomic mass is 16.7. The maximum Gasteiger partial charge on any atom is 0.357 e. The first-order valence-corrected chi connectivity index (χ1v) is 16.9. The van der Waals surface area contributed by atoms with Crippen molar-refractivity contribution in [2.24, 2.45) is 5.73 Å². The van der Waals surface area contributed by atoms with Crippen molar-refractivity contribution in [2.75, 3.05) is 75.1 Å². The Morgan fingerprint density at radius 3 is 2.33 bits per heavy atom. The molecule has 0 atom stereocenters. The molecule has 0 saturated carbocycles. The first-order valence-electron chi connectivity index (χ1n) is 16.9.